The van der Waals surface area contributed by atoms with Gasteiger partial charge in [0.05, 0.1) is 5.69 Å². The fraction of sp³-hybridized carbons (Fsp3) is 0.389. The Balaban J connectivity index is 1.37. The van der Waals surface area contributed by atoms with Gasteiger partial charge in [0.25, 0.3) is 0 Å². The molecule has 0 bridgehead atoms. The standard InChI is InChI=1S/C18H21N5O2/c1-10(7-14-8-11(2)22-23-14)19-18(24)20-13-5-6-15-16(9-13)25-17(21-15)12-3-4-12/h5-6,8-10,12H,3-4,7H2,1-2H3,(H,22,23)(H2,19,20,24)/t10-/m0/s1. The molecule has 1 aromatic carbocycles. The normalized spacial score (nSPS) is 15.3. The number of nitrogens with one attached hydrogen (secondary N) is 3. The Morgan fingerprint density at radius 3 is 2.96 bits per heavy atom. The molecule has 3 N–H and O–H groups in total. The molecule has 0 saturated heterocycles. The number of nitrogens with zero attached hydrogens (tertiary/aromatic N) is 2. The fourth-order valence-electron chi connectivity index (χ4n) is 2.86. The molecule has 7 nitrogen and oxygen atoms in total. The molecule has 0 spiro atoms. The summed E-state index contributed by atoms with van der Waals surface area (Å²) in [7, 11) is 0. The van der Waals surface area contributed by atoms with Gasteiger partial charge >= 0.3 is 6.03 Å². The lowest BCUT2D eigenvalue weighted by Crippen LogP contribution is -2.37. The number of oxazole rings is 1. The number of H-pyrrole nitrogens is 1. The number of benzene rings is 1. The van der Waals surface area contributed by atoms with Gasteiger partial charge in [-0.15, -0.1) is 0 Å². The molecule has 2 aromatic heterocycles. The molecule has 1 atom stereocenters. The van der Waals surface area contributed by atoms with E-state index in [1.54, 1.807) is 0 Å². The average molecular weight is 339 g/mol. The van der Waals surface area contributed by atoms with Gasteiger partial charge in [0.2, 0.25) is 0 Å². The van der Waals surface area contributed by atoms with Gasteiger partial charge in [0, 0.05) is 35.8 Å². The smallest absolute Gasteiger partial charge is 0.319 e. The Morgan fingerprint density at radius 1 is 1.40 bits per heavy atom. The predicted octanol–water partition coefficient (Wildman–Crippen LogP) is 3.49. The molecule has 7 heteroatoms. The Labute approximate surface area is 145 Å². The second-order valence-corrected chi connectivity index (χ2v) is 6.75. The number of carbonyl (C=O) groups is 1. The van der Waals surface area contributed by atoms with Crippen molar-refractivity contribution < 1.29 is 9.21 Å². The number of hydrogen-bond donors (Lipinski definition) is 3. The Bertz CT molecular complexity index is 909. The molecule has 3 aromatic rings. The quantitative estimate of drug-likeness (QED) is 0.663. The number of urea groups is 1. The van der Waals surface area contributed by atoms with Crippen molar-refractivity contribution in [1.29, 1.82) is 0 Å². The Morgan fingerprint density at radius 2 is 2.24 bits per heavy atom. The maximum atomic E-state index is 12.2. The van der Waals surface area contributed by atoms with Crippen molar-refractivity contribution in [3.63, 3.8) is 0 Å². The van der Waals surface area contributed by atoms with Crippen LogP contribution in [0.4, 0.5) is 10.5 Å². The third-order valence-electron chi connectivity index (χ3n) is 4.24. The van der Waals surface area contributed by atoms with Crippen molar-refractivity contribution in [2.45, 2.75) is 45.1 Å². The first-order chi connectivity index (χ1) is 12.1. The number of rotatable bonds is 5. The van der Waals surface area contributed by atoms with Crippen LogP contribution in [0.15, 0.2) is 28.7 Å². The van der Waals surface area contributed by atoms with Crippen LogP contribution in [0.25, 0.3) is 11.1 Å². The molecule has 0 radical (unpaired) electrons. The molecule has 2 heterocycles. The highest BCUT2D eigenvalue weighted by atomic mass is 16.3. The average Bonchev–Trinajstić information content (AvgIpc) is 3.20. The van der Waals surface area contributed by atoms with E-state index in [9.17, 15) is 4.79 Å². The van der Waals surface area contributed by atoms with E-state index in [4.69, 9.17) is 4.42 Å². The van der Waals surface area contributed by atoms with Gasteiger partial charge in [0.1, 0.15) is 5.52 Å². The van der Waals surface area contributed by atoms with Crippen molar-refractivity contribution in [2.24, 2.45) is 0 Å². The van der Waals surface area contributed by atoms with Crippen LogP contribution in [0.1, 0.15) is 43.0 Å². The van der Waals surface area contributed by atoms with Crippen LogP contribution in [0.3, 0.4) is 0 Å². The largest absolute Gasteiger partial charge is 0.440 e. The molecule has 4 rings (SSSR count). The van der Waals surface area contributed by atoms with E-state index < -0.39 is 0 Å². The lowest BCUT2D eigenvalue weighted by molar-refractivity contribution is 0.249. The van der Waals surface area contributed by atoms with E-state index in [1.165, 1.54) is 0 Å². The summed E-state index contributed by atoms with van der Waals surface area (Å²) in [5, 5.41) is 12.9. The van der Waals surface area contributed by atoms with Crippen molar-refractivity contribution >= 4 is 22.8 Å². The van der Waals surface area contributed by atoms with Gasteiger partial charge in [-0.05, 0) is 44.9 Å². The van der Waals surface area contributed by atoms with Gasteiger partial charge < -0.3 is 15.1 Å². The highest BCUT2D eigenvalue weighted by molar-refractivity contribution is 5.91. The molecular weight excluding hydrogens is 318 g/mol. The summed E-state index contributed by atoms with van der Waals surface area (Å²) < 4.78 is 5.78. The van der Waals surface area contributed by atoms with Gasteiger partial charge in [-0.2, -0.15) is 5.10 Å². The molecule has 1 aliphatic rings. The summed E-state index contributed by atoms with van der Waals surface area (Å²) in [5.74, 6) is 1.28. The first-order valence-electron chi connectivity index (χ1n) is 8.56. The van der Waals surface area contributed by atoms with E-state index in [1.807, 2.05) is 38.1 Å². The zero-order chi connectivity index (χ0) is 17.4. The number of anilines is 1. The van der Waals surface area contributed by atoms with E-state index in [0.29, 0.717) is 23.6 Å². The van der Waals surface area contributed by atoms with Crippen molar-refractivity contribution in [2.75, 3.05) is 5.32 Å². The summed E-state index contributed by atoms with van der Waals surface area (Å²) in [4.78, 5) is 16.7. The topological polar surface area (TPSA) is 95.8 Å². The summed E-state index contributed by atoms with van der Waals surface area (Å²) in [5.41, 5.74) is 4.17. The minimum Gasteiger partial charge on any atom is -0.440 e. The number of aromatic nitrogens is 3. The number of aromatic amines is 1. The minimum absolute atomic E-state index is 0.0295. The first kappa shape index (κ1) is 15.7. The molecule has 25 heavy (non-hydrogen) atoms. The lowest BCUT2D eigenvalue weighted by atomic mass is 10.2. The summed E-state index contributed by atoms with van der Waals surface area (Å²) >= 11 is 0. The summed E-state index contributed by atoms with van der Waals surface area (Å²) in [6, 6.07) is 7.22. The molecular formula is C18H21N5O2. The maximum absolute atomic E-state index is 12.2. The second-order valence-electron chi connectivity index (χ2n) is 6.75. The Kier molecular flexibility index (Phi) is 3.91. The van der Waals surface area contributed by atoms with Crippen LogP contribution in [0.2, 0.25) is 0 Å². The first-order valence-corrected chi connectivity index (χ1v) is 8.56. The third kappa shape index (κ3) is 3.65. The van der Waals surface area contributed by atoms with Gasteiger partial charge in [-0.25, -0.2) is 9.78 Å². The maximum Gasteiger partial charge on any atom is 0.319 e. The SMILES string of the molecule is Cc1cc(C[C@H](C)NC(=O)Nc2ccc3nc(C4CC4)oc3c2)n[nH]1. The van der Waals surface area contributed by atoms with Gasteiger partial charge in [-0.3, -0.25) is 5.10 Å². The highest BCUT2D eigenvalue weighted by Gasteiger charge is 2.28. The van der Waals surface area contributed by atoms with E-state index >= 15 is 0 Å². The number of hydrogen-bond acceptors (Lipinski definition) is 4. The molecule has 1 fully saturated rings. The minimum atomic E-state index is -0.249. The van der Waals surface area contributed by atoms with E-state index in [-0.39, 0.29) is 12.1 Å². The van der Waals surface area contributed by atoms with Crippen LogP contribution >= 0.6 is 0 Å². The second kappa shape index (κ2) is 6.23. The molecule has 0 aliphatic heterocycles. The third-order valence-corrected chi connectivity index (χ3v) is 4.24. The number of aryl methyl sites for hydroxylation is 1. The number of fused-ring (bicyclic) bond motifs is 1. The van der Waals surface area contributed by atoms with Crippen LogP contribution in [-0.4, -0.2) is 27.3 Å². The number of amides is 2. The van der Waals surface area contributed by atoms with Gasteiger partial charge in [0.15, 0.2) is 11.5 Å². The summed E-state index contributed by atoms with van der Waals surface area (Å²) in [6.45, 7) is 3.90. The van der Waals surface area contributed by atoms with Gasteiger partial charge in [-0.1, -0.05) is 0 Å². The van der Waals surface area contributed by atoms with Crippen LogP contribution < -0.4 is 10.6 Å². The monoisotopic (exact) mass is 339 g/mol. The molecule has 2 amide bonds. The van der Waals surface area contributed by atoms with Crippen molar-refractivity contribution in [1.82, 2.24) is 20.5 Å². The van der Waals surface area contributed by atoms with Crippen LogP contribution in [0.5, 0.6) is 0 Å². The zero-order valence-electron chi connectivity index (χ0n) is 14.3. The zero-order valence-corrected chi connectivity index (χ0v) is 14.3. The van der Waals surface area contributed by atoms with E-state index in [0.717, 1.165) is 35.6 Å². The Hall–Kier alpha value is -2.83. The fourth-order valence-corrected chi connectivity index (χ4v) is 2.86. The predicted molar refractivity (Wildman–Crippen MR) is 94.6 cm³/mol. The summed E-state index contributed by atoms with van der Waals surface area (Å²) in [6.07, 6.45) is 2.96. The molecule has 130 valence electrons. The van der Waals surface area contributed by atoms with E-state index in [2.05, 4.69) is 25.8 Å². The number of carbonyl (C=O) groups excluding carboxylic acids is 1. The van der Waals surface area contributed by atoms with Crippen molar-refractivity contribution in [3.05, 3.63) is 41.5 Å². The lowest BCUT2D eigenvalue weighted by Gasteiger charge is -2.13. The molecule has 1 saturated carbocycles. The molecule has 0 unspecified atom stereocenters. The highest BCUT2D eigenvalue weighted by Crippen LogP contribution is 2.40. The van der Waals surface area contributed by atoms with Crippen LogP contribution in [-0.2, 0) is 6.42 Å². The van der Waals surface area contributed by atoms with Crippen molar-refractivity contribution in [3.8, 4) is 0 Å². The van der Waals surface area contributed by atoms with Crippen LogP contribution in [0, 0.1) is 6.92 Å². The molecule has 1 aliphatic carbocycles.